The zero-order valence-corrected chi connectivity index (χ0v) is 25.5. The van der Waals surface area contributed by atoms with Gasteiger partial charge in [-0.25, -0.2) is 9.59 Å². The standard InChI is InChI=1S/C34H39NO9/c1-32(2,3)44-31(38)35-18-15-25(36)42-27(20-9-6-5-7-10-20)30(37)41-24-14-17-34(39)22-11-8-16-33(34)26-21(19-22)12-13-23(40-4)28(26)43-29(24)33/h5-7,9-10,12-14,22,27,29,39H,8,11,15-19H2,1-4H3,(H,35,38)/t22-,27+,29+,33+,34-/m1/s1. The summed E-state index contributed by atoms with van der Waals surface area (Å²) in [5, 5.41) is 14.8. The Balaban J connectivity index is 1.23. The molecular formula is C34H39NO9. The molecule has 4 aliphatic rings. The van der Waals surface area contributed by atoms with Gasteiger partial charge in [0.25, 0.3) is 0 Å². The average Bonchev–Trinajstić information content (AvgIpc) is 3.32. The molecule has 1 saturated carbocycles. The van der Waals surface area contributed by atoms with Gasteiger partial charge in [-0.1, -0.05) is 42.8 Å². The van der Waals surface area contributed by atoms with Gasteiger partial charge in [0.2, 0.25) is 6.10 Å². The van der Waals surface area contributed by atoms with Crippen molar-refractivity contribution >= 4 is 18.0 Å². The van der Waals surface area contributed by atoms with E-state index in [1.807, 2.05) is 6.07 Å². The van der Waals surface area contributed by atoms with Gasteiger partial charge < -0.3 is 34.1 Å². The van der Waals surface area contributed by atoms with Gasteiger partial charge in [-0.05, 0) is 70.1 Å². The van der Waals surface area contributed by atoms with E-state index >= 15 is 0 Å². The van der Waals surface area contributed by atoms with Crippen molar-refractivity contribution < 1.29 is 43.2 Å². The fraction of sp³-hybridized carbons (Fsp3) is 0.500. The molecular weight excluding hydrogens is 566 g/mol. The predicted octanol–water partition coefficient (Wildman–Crippen LogP) is 4.81. The highest BCUT2D eigenvalue weighted by Crippen LogP contribution is 2.67. The lowest BCUT2D eigenvalue weighted by atomic mass is 9.47. The van der Waals surface area contributed by atoms with Gasteiger partial charge in [-0.3, -0.25) is 4.79 Å². The van der Waals surface area contributed by atoms with E-state index in [1.54, 1.807) is 64.3 Å². The number of hydrogen-bond acceptors (Lipinski definition) is 9. The number of carbonyl (C=O) groups is 3. The van der Waals surface area contributed by atoms with Crippen LogP contribution >= 0.6 is 0 Å². The highest BCUT2D eigenvalue weighted by atomic mass is 16.6. The Hall–Kier alpha value is -4.05. The normalized spacial score (nSPS) is 26.7. The van der Waals surface area contributed by atoms with Crippen LogP contribution in [0.3, 0.4) is 0 Å². The third kappa shape index (κ3) is 4.99. The van der Waals surface area contributed by atoms with Gasteiger partial charge in [0.15, 0.2) is 17.6 Å². The summed E-state index contributed by atoms with van der Waals surface area (Å²) < 4.78 is 29.1. The summed E-state index contributed by atoms with van der Waals surface area (Å²) in [6.45, 7) is 5.19. The maximum Gasteiger partial charge on any atom is 0.407 e. The molecule has 234 valence electrons. The fourth-order valence-corrected chi connectivity index (χ4v) is 7.50. The lowest BCUT2D eigenvalue weighted by molar-refractivity contribution is -0.172. The van der Waals surface area contributed by atoms with E-state index in [2.05, 4.69) is 11.4 Å². The number of amides is 1. The van der Waals surface area contributed by atoms with Gasteiger partial charge in [-0.2, -0.15) is 0 Å². The van der Waals surface area contributed by atoms with Crippen LogP contribution in [0.2, 0.25) is 0 Å². The Morgan fingerprint density at radius 1 is 1.14 bits per heavy atom. The maximum absolute atomic E-state index is 13.8. The molecule has 0 aromatic heterocycles. The SMILES string of the molecule is COc1ccc2c3c1O[C@H]1C(OC(=O)[C@@H](OC(=O)CCNC(=O)OC(C)(C)C)c4ccccc4)=CC[C@@]4(O)[C@H](CCC[C@]314)C2. The van der Waals surface area contributed by atoms with E-state index in [4.69, 9.17) is 23.7 Å². The number of aliphatic hydroxyl groups is 1. The van der Waals surface area contributed by atoms with Crippen LogP contribution in [0.5, 0.6) is 11.5 Å². The second kappa shape index (κ2) is 11.1. The number of esters is 2. The molecule has 2 bridgehead atoms. The molecule has 3 aliphatic carbocycles. The summed E-state index contributed by atoms with van der Waals surface area (Å²) in [5.41, 5.74) is -0.00512. The van der Waals surface area contributed by atoms with Crippen LogP contribution in [0.4, 0.5) is 4.79 Å². The van der Waals surface area contributed by atoms with E-state index in [-0.39, 0.29) is 24.6 Å². The molecule has 1 amide bonds. The summed E-state index contributed by atoms with van der Waals surface area (Å²) in [6, 6.07) is 12.6. The second-order valence-corrected chi connectivity index (χ2v) is 13.0. The predicted molar refractivity (Wildman–Crippen MR) is 158 cm³/mol. The Bertz CT molecular complexity index is 1500. The van der Waals surface area contributed by atoms with Gasteiger partial charge in [-0.15, -0.1) is 0 Å². The first-order valence-electron chi connectivity index (χ1n) is 15.2. The first kappa shape index (κ1) is 30.0. The number of methoxy groups -OCH3 is 1. The average molecular weight is 606 g/mol. The molecule has 1 aliphatic heterocycles. The van der Waals surface area contributed by atoms with Crippen LogP contribution in [-0.2, 0) is 35.6 Å². The number of benzene rings is 2. The summed E-state index contributed by atoms with van der Waals surface area (Å²) in [6.07, 6.45) is 2.35. The van der Waals surface area contributed by atoms with Crippen molar-refractivity contribution in [1.29, 1.82) is 0 Å². The zero-order chi connectivity index (χ0) is 31.3. The largest absolute Gasteiger partial charge is 0.493 e. The minimum absolute atomic E-state index is 0.0317. The van der Waals surface area contributed by atoms with Crippen LogP contribution in [-0.4, -0.2) is 54.1 Å². The molecule has 0 unspecified atom stereocenters. The highest BCUT2D eigenvalue weighted by Gasteiger charge is 2.71. The molecule has 6 rings (SSSR count). The molecule has 2 aromatic carbocycles. The molecule has 5 atom stereocenters. The molecule has 2 N–H and O–H groups in total. The molecule has 44 heavy (non-hydrogen) atoms. The van der Waals surface area contributed by atoms with Crippen molar-refractivity contribution in [3.05, 3.63) is 71.0 Å². The lowest BCUT2D eigenvalue weighted by Gasteiger charge is -2.59. The minimum Gasteiger partial charge on any atom is -0.493 e. The lowest BCUT2D eigenvalue weighted by Crippen LogP contribution is -2.67. The van der Waals surface area contributed by atoms with E-state index < -0.39 is 46.9 Å². The maximum atomic E-state index is 13.8. The van der Waals surface area contributed by atoms with Gasteiger partial charge in [0.1, 0.15) is 11.4 Å². The van der Waals surface area contributed by atoms with Crippen molar-refractivity contribution in [3.63, 3.8) is 0 Å². The molecule has 0 saturated heterocycles. The number of ether oxygens (including phenoxy) is 5. The third-order valence-corrected chi connectivity index (χ3v) is 9.25. The second-order valence-electron chi connectivity index (χ2n) is 13.0. The summed E-state index contributed by atoms with van der Waals surface area (Å²) in [7, 11) is 1.58. The molecule has 10 heteroatoms. The van der Waals surface area contributed by atoms with Crippen molar-refractivity contribution in [2.24, 2.45) is 5.92 Å². The van der Waals surface area contributed by atoms with E-state index in [0.717, 1.165) is 30.4 Å². The molecule has 10 nitrogen and oxygen atoms in total. The van der Waals surface area contributed by atoms with E-state index in [9.17, 15) is 19.5 Å². The summed E-state index contributed by atoms with van der Waals surface area (Å²) in [4.78, 5) is 38.6. The summed E-state index contributed by atoms with van der Waals surface area (Å²) in [5.74, 6) is 0.0122. The molecule has 0 radical (unpaired) electrons. The first-order chi connectivity index (χ1) is 21.0. The first-order valence-corrected chi connectivity index (χ1v) is 15.2. The van der Waals surface area contributed by atoms with Gasteiger partial charge in [0, 0.05) is 17.7 Å². The number of nitrogens with one attached hydrogen (secondary N) is 1. The number of alkyl carbamates (subject to hydrolysis) is 1. The van der Waals surface area contributed by atoms with E-state index in [0.29, 0.717) is 29.9 Å². The van der Waals surface area contributed by atoms with Crippen molar-refractivity contribution in [1.82, 2.24) is 5.32 Å². The van der Waals surface area contributed by atoms with Crippen LogP contribution < -0.4 is 14.8 Å². The number of hydrogen-bond donors (Lipinski definition) is 2. The number of rotatable bonds is 8. The van der Waals surface area contributed by atoms with E-state index in [1.165, 1.54) is 0 Å². The fourth-order valence-electron chi connectivity index (χ4n) is 7.50. The minimum atomic E-state index is -1.36. The van der Waals surface area contributed by atoms with Crippen LogP contribution in [0, 0.1) is 5.92 Å². The van der Waals surface area contributed by atoms with Gasteiger partial charge >= 0.3 is 18.0 Å². The Morgan fingerprint density at radius 3 is 2.64 bits per heavy atom. The third-order valence-electron chi connectivity index (χ3n) is 9.25. The molecule has 1 heterocycles. The molecule has 2 aromatic rings. The van der Waals surface area contributed by atoms with Crippen LogP contribution in [0.1, 0.15) is 75.7 Å². The zero-order valence-electron chi connectivity index (χ0n) is 25.5. The molecule has 1 fully saturated rings. The topological polar surface area (TPSA) is 130 Å². The Morgan fingerprint density at radius 2 is 1.91 bits per heavy atom. The Kier molecular flexibility index (Phi) is 7.60. The Labute approximate surface area is 256 Å². The smallest absolute Gasteiger partial charge is 0.407 e. The van der Waals surface area contributed by atoms with Crippen LogP contribution in [0.15, 0.2) is 54.3 Å². The van der Waals surface area contributed by atoms with Crippen LogP contribution in [0.25, 0.3) is 0 Å². The molecule has 1 spiro atoms. The van der Waals surface area contributed by atoms with Crippen molar-refractivity contribution in [2.75, 3.05) is 13.7 Å². The van der Waals surface area contributed by atoms with Crippen molar-refractivity contribution in [2.45, 2.75) is 88.1 Å². The summed E-state index contributed by atoms with van der Waals surface area (Å²) >= 11 is 0. The quantitative estimate of drug-likeness (QED) is 0.322. The highest BCUT2D eigenvalue weighted by molar-refractivity contribution is 5.82. The van der Waals surface area contributed by atoms with Crippen molar-refractivity contribution in [3.8, 4) is 11.5 Å². The monoisotopic (exact) mass is 605 g/mol. The van der Waals surface area contributed by atoms with Gasteiger partial charge in [0.05, 0.1) is 24.5 Å². The number of carbonyl (C=O) groups excluding carboxylic acids is 3.